The van der Waals surface area contributed by atoms with E-state index >= 15 is 0 Å². The average Bonchev–Trinajstić information content (AvgIpc) is 3.24. The van der Waals surface area contributed by atoms with Crippen molar-refractivity contribution in [1.82, 2.24) is 4.98 Å². The van der Waals surface area contributed by atoms with Gasteiger partial charge in [-0.3, -0.25) is 9.59 Å². The van der Waals surface area contributed by atoms with Crippen LogP contribution in [0, 0.1) is 12.8 Å². The molecule has 2 heterocycles. The normalized spacial score (nSPS) is 16.9. The number of hydrogen-bond acceptors (Lipinski definition) is 5. The van der Waals surface area contributed by atoms with Gasteiger partial charge in [0.05, 0.1) is 23.6 Å². The molecule has 3 aromatic rings. The summed E-state index contributed by atoms with van der Waals surface area (Å²) in [6, 6.07) is 11.0. The van der Waals surface area contributed by atoms with Crippen molar-refractivity contribution in [2.75, 3.05) is 18.6 Å². The van der Waals surface area contributed by atoms with Crippen LogP contribution in [-0.4, -0.2) is 30.5 Å². The maximum absolute atomic E-state index is 12.4. The average molecular weight is 385 g/mol. The quantitative estimate of drug-likeness (QED) is 0.638. The van der Waals surface area contributed by atoms with E-state index in [0.717, 1.165) is 11.1 Å². The summed E-state index contributed by atoms with van der Waals surface area (Å²) in [7, 11) is 1.32. The molecule has 7 heteroatoms. The highest BCUT2D eigenvalue weighted by atomic mass is 35.5. The summed E-state index contributed by atoms with van der Waals surface area (Å²) in [6.45, 7) is 2.26. The zero-order valence-electron chi connectivity index (χ0n) is 14.9. The molecule has 0 saturated carbocycles. The summed E-state index contributed by atoms with van der Waals surface area (Å²) >= 11 is 6.36. The standard InChI is InChI=1S/C20H17ClN2O4/c1-11-3-6-17-16(7-11)22-19(27-17)14-9-13(4-5-15(14)21)23-10-12(8-18(23)24)20(25)26-2/h3-7,9,12H,8,10H2,1-2H3. The third kappa shape index (κ3) is 3.17. The SMILES string of the molecule is COC(=O)C1CC(=O)N(c2ccc(Cl)c(-c3nc4cc(C)ccc4o3)c2)C1. The minimum atomic E-state index is -0.464. The fourth-order valence-electron chi connectivity index (χ4n) is 3.28. The molecule has 6 nitrogen and oxygen atoms in total. The molecule has 0 bridgehead atoms. The Kier molecular flexibility index (Phi) is 4.36. The molecule has 1 unspecified atom stereocenters. The molecule has 138 valence electrons. The lowest BCUT2D eigenvalue weighted by atomic mass is 10.1. The number of oxazole rings is 1. The lowest BCUT2D eigenvalue weighted by Gasteiger charge is -2.17. The van der Waals surface area contributed by atoms with Crippen LogP contribution in [0.1, 0.15) is 12.0 Å². The van der Waals surface area contributed by atoms with Gasteiger partial charge in [0.15, 0.2) is 5.58 Å². The molecule has 1 amide bonds. The first-order valence-electron chi connectivity index (χ1n) is 8.51. The van der Waals surface area contributed by atoms with Crippen molar-refractivity contribution in [3.05, 3.63) is 47.0 Å². The van der Waals surface area contributed by atoms with E-state index in [1.165, 1.54) is 7.11 Å². The summed E-state index contributed by atoms with van der Waals surface area (Å²) in [5.74, 6) is -0.589. The predicted molar refractivity (Wildman–Crippen MR) is 102 cm³/mol. The van der Waals surface area contributed by atoms with Gasteiger partial charge in [0.2, 0.25) is 11.8 Å². The first-order valence-corrected chi connectivity index (χ1v) is 8.89. The summed E-state index contributed by atoms with van der Waals surface area (Å²) < 4.78 is 10.6. The second-order valence-electron chi connectivity index (χ2n) is 6.58. The number of benzene rings is 2. The van der Waals surface area contributed by atoms with Gasteiger partial charge in [0.1, 0.15) is 5.52 Å². The minimum Gasteiger partial charge on any atom is -0.469 e. The van der Waals surface area contributed by atoms with Crippen LogP contribution in [0.25, 0.3) is 22.6 Å². The molecule has 0 radical (unpaired) electrons. The molecular weight excluding hydrogens is 368 g/mol. The first-order chi connectivity index (χ1) is 13.0. The number of carbonyl (C=O) groups excluding carboxylic acids is 2. The number of carbonyl (C=O) groups is 2. The van der Waals surface area contributed by atoms with Gasteiger partial charge >= 0.3 is 5.97 Å². The lowest BCUT2D eigenvalue weighted by Crippen LogP contribution is -2.26. The van der Waals surface area contributed by atoms with Crippen LogP contribution in [0.4, 0.5) is 5.69 Å². The number of esters is 1. The van der Waals surface area contributed by atoms with E-state index in [1.54, 1.807) is 23.1 Å². The Bertz CT molecular complexity index is 1060. The van der Waals surface area contributed by atoms with Gasteiger partial charge in [-0.15, -0.1) is 0 Å². The molecule has 27 heavy (non-hydrogen) atoms. The number of rotatable bonds is 3. The topological polar surface area (TPSA) is 72.6 Å². The highest BCUT2D eigenvalue weighted by molar-refractivity contribution is 6.33. The number of halogens is 1. The largest absolute Gasteiger partial charge is 0.469 e. The van der Waals surface area contributed by atoms with Gasteiger partial charge in [-0.2, -0.15) is 0 Å². The predicted octanol–water partition coefficient (Wildman–Crippen LogP) is 3.98. The van der Waals surface area contributed by atoms with E-state index in [-0.39, 0.29) is 24.8 Å². The molecule has 1 aliphatic heterocycles. The number of hydrogen-bond donors (Lipinski definition) is 0. The van der Waals surface area contributed by atoms with Crippen LogP contribution in [0.15, 0.2) is 40.8 Å². The van der Waals surface area contributed by atoms with Crippen LogP contribution < -0.4 is 4.90 Å². The molecule has 1 aromatic heterocycles. The Labute approximate surface area is 160 Å². The van der Waals surface area contributed by atoms with Crippen LogP contribution in [0.2, 0.25) is 5.02 Å². The van der Waals surface area contributed by atoms with Gasteiger partial charge in [-0.1, -0.05) is 17.7 Å². The van der Waals surface area contributed by atoms with Gasteiger partial charge in [-0.05, 0) is 42.8 Å². The molecule has 1 aliphatic rings. The summed E-state index contributed by atoms with van der Waals surface area (Å²) in [4.78, 5) is 30.2. The number of nitrogens with zero attached hydrogens (tertiary/aromatic N) is 2. The van der Waals surface area contributed by atoms with E-state index in [4.69, 9.17) is 20.8 Å². The third-order valence-corrected chi connectivity index (χ3v) is 5.02. The summed E-state index contributed by atoms with van der Waals surface area (Å²) in [5.41, 5.74) is 3.73. The number of fused-ring (bicyclic) bond motifs is 1. The number of aryl methyl sites for hydroxylation is 1. The van der Waals surface area contributed by atoms with Crippen molar-refractivity contribution in [3.63, 3.8) is 0 Å². The molecular formula is C20H17ClN2O4. The molecule has 1 atom stereocenters. The second kappa shape index (κ2) is 6.70. The molecule has 1 fully saturated rings. The number of aromatic nitrogens is 1. The summed E-state index contributed by atoms with van der Waals surface area (Å²) in [5, 5.41) is 0.471. The van der Waals surface area contributed by atoms with Crippen LogP contribution in [0.3, 0.4) is 0 Å². The van der Waals surface area contributed by atoms with Gasteiger partial charge in [-0.25, -0.2) is 4.98 Å². The monoisotopic (exact) mass is 384 g/mol. The second-order valence-corrected chi connectivity index (χ2v) is 6.99. The minimum absolute atomic E-state index is 0.132. The zero-order chi connectivity index (χ0) is 19.1. The fourth-order valence-corrected chi connectivity index (χ4v) is 3.48. The van der Waals surface area contributed by atoms with Crippen LogP contribution >= 0.6 is 11.6 Å². The zero-order valence-corrected chi connectivity index (χ0v) is 15.6. The van der Waals surface area contributed by atoms with E-state index in [9.17, 15) is 9.59 Å². The highest BCUT2D eigenvalue weighted by Crippen LogP contribution is 2.35. The Morgan fingerprint density at radius 3 is 2.89 bits per heavy atom. The van der Waals surface area contributed by atoms with Crippen molar-refractivity contribution in [1.29, 1.82) is 0 Å². The molecule has 0 spiro atoms. The lowest BCUT2D eigenvalue weighted by molar-refractivity contribution is -0.145. The maximum Gasteiger partial charge on any atom is 0.311 e. The van der Waals surface area contributed by atoms with E-state index in [1.807, 2.05) is 25.1 Å². The number of amides is 1. The van der Waals surface area contributed by atoms with Gasteiger partial charge in [0.25, 0.3) is 0 Å². The first kappa shape index (κ1) is 17.5. The van der Waals surface area contributed by atoms with Gasteiger partial charge < -0.3 is 14.1 Å². The maximum atomic E-state index is 12.4. The number of methoxy groups -OCH3 is 1. The van der Waals surface area contributed by atoms with Crippen LogP contribution in [-0.2, 0) is 14.3 Å². The fraction of sp³-hybridized carbons (Fsp3) is 0.250. The van der Waals surface area contributed by atoms with Gasteiger partial charge in [0, 0.05) is 18.7 Å². The Morgan fingerprint density at radius 1 is 1.30 bits per heavy atom. The molecule has 1 saturated heterocycles. The number of ether oxygens (including phenoxy) is 1. The highest BCUT2D eigenvalue weighted by Gasteiger charge is 2.36. The van der Waals surface area contributed by atoms with Crippen molar-refractivity contribution >= 4 is 40.3 Å². The third-order valence-electron chi connectivity index (χ3n) is 4.69. The Morgan fingerprint density at radius 2 is 2.11 bits per heavy atom. The van der Waals surface area contributed by atoms with Crippen molar-refractivity contribution in [2.24, 2.45) is 5.92 Å². The smallest absolute Gasteiger partial charge is 0.311 e. The van der Waals surface area contributed by atoms with E-state index < -0.39 is 5.92 Å². The Balaban J connectivity index is 1.71. The molecule has 4 rings (SSSR count). The number of anilines is 1. The molecule has 0 aliphatic carbocycles. The van der Waals surface area contributed by atoms with Crippen molar-refractivity contribution < 1.29 is 18.7 Å². The van der Waals surface area contributed by atoms with E-state index in [2.05, 4.69) is 4.98 Å². The molecule has 0 N–H and O–H groups in total. The molecule has 2 aromatic carbocycles. The summed E-state index contributed by atoms with van der Waals surface area (Å²) in [6.07, 6.45) is 0.132. The van der Waals surface area contributed by atoms with Crippen molar-refractivity contribution in [3.8, 4) is 11.5 Å². The van der Waals surface area contributed by atoms with Crippen LogP contribution in [0.5, 0.6) is 0 Å². The van der Waals surface area contributed by atoms with E-state index in [0.29, 0.717) is 27.7 Å². The van der Waals surface area contributed by atoms with Crippen molar-refractivity contribution in [2.45, 2.75) is 13.3 Å². The Hall–Kier alpha value is -2.86.